The Kier molecular flexibility index (Phi) is 38.9. The Labute approximate surface area is 299 Å². The summed E-state index contributed by atoms with van der Waals surface area (Å²) < 4.78 is 10.6. The normalized spacial score (nSPS) is 12.1. The molecule has 0 saturated carbocycles. The summed E-state index contributed by atoms with van der Waals surface area (Å²) in [5.41, 5.74) is 0. The van der Waals surface area contributed by atoms with Crippen LogP contribution in [0.4, 0.5) is 0 Å². The number of unbranched alkanes of at least 4 members (excludes halogenated alkanes) is 29. The van der Waals surface area contributed by atoms with Gasteiger partial charge in [-0.1, -0.05) is 193 Å². The molecule has 0 amide bonds. The third-order valence-electron chi connectivity index (χ3n) is 9.56. The minimum atomic E-state index is -0.768. The summed E-state index contributed by atoms with van der Waals surface area (Å²) in [6, 6.07) is 0. The molecule has 48 heavy (non-hydrogen) atoms. The van der Waals surface area contributed by atoms with Gasteiger partial charge in [0.25, 0.3) is 0 Å². The molecule has 0 bridgehead atoms. The van der Waals surface area contributed by atoms with Crippen molar-refractivity contribution in [1.29, 1.82) is 0 Å². The van der Waals surface area contributed by atoms with E-state index in [2.05, 4.69) is 26.0 Å². The second-order valence-corrected chi connectivity index (χ2v) is 14.4. The Morgan fingerprint density at radius 3 is 1.12 bits per heavy atom. The van der Waals surface area contributed by atoms with Crippen molar-refractivity contribution < 1.29 is 24.2 Å². The minimum Gasteiger partial charge on any atom is -0.462 e. The molecule has 0 saturated heterocycles. The molecular formula is C43H82O5. The van der Waals surface area contributed by atoms with Gasteiger partial charge in [-0.3, -0.25) is 9.59 Å². The van der Waals surface area contributed by atoms with Gasteiger partial charge in [0.1, 0.15) is 6.61 Å². The zero-order valence-electron chi connectivity index (χ0n) is 32.3. The van der Waals surface area contributed by atoms with Crippen molar-refractivity contribution in [2.24, 2.45) is 0 Å². The lowest BCUT2D eigenvalue weighted by Gasteiger charge is -2.15. The predicted molar refractivity (Wildman–Crippen MR) is 205 cm³/mol. The number of hydrogen-bond donors (Lipinski definition) is 1. The molecule has 0 fully saturated rings. The molecule has 0 aromatic carbocycles. The Morgan fingerprint density at radius 2 is 0.771 bits per heavy atom. The van der Waals surface area contributed by atoms with Gasteiger partial charge < -0.3 is 14.6 Å². The molecule has 0 radical (unpaired) electrons. The van der Waals surface area contributed by atoms with Crippen molar-refractivity contribution >= 4 is 11.9 Å². The number of aliphatic hydroxyl groups excluding tert-OH is 1. The fourth-order valence-corrected chi connectivity index (χ4v) is 6.31. The molecule has 0 spiro atoms. The zero-order valence-corrected chi connectivity index (χ0v) is 32.3. The number of rotatable bonds is 39. The van der Waals surface area contributed by atoms with Gasteiger partial charge >= 0.3 is 11.9 Å². The van der Waals surface area contributed by atoms with E-state index in [4.69, 9.17) is 9.47 Å². The summed E-state index contributed by atoms with van der Waals surface area (Å²) >= 11 is 0. The second-order valence-electron chi connectivity index (χ2n) is 14.4. The number of ether oxygens (including phenoxy) is 2. The van der Waals surface area contributed by atoms with Crippen LogP contribution in [0.25, 0.3) is 0 Å². The van der Waals surface area contributed by atoms with Gasteiger partial charge in [0, 0.05) is 12.8 Å². The SMILES string of the molecule is CCCCCCC/C=C/CCCCCCCC(=O)OC[C@H](CO)OC(=O)CCCCCCCCCCCCCCCCCCCCCC. The van der Waals surface area contributed by atoms with E-state index in [0.717, 1.165) is 44.9 Å². The first-order valence-electron chi connectivity index (χ1n) is 21.2. The van der Waals surface area contributed by atoms with Crippen LogP contribution in [0.15, 0.2) is 12.2 Å². The summed E-state index contributed by atoms with van der Waals surface area (Å²) in [4.78, 5) is 24.3. The molecule has 284 valence electrons. The van der Waals surface area contributed by atoms with Crippen LogP contribution in [-0.4, -0.2) is 36.4 Å². The lowest BCUT2D eigenvalue weighted by molar-refractivity contribution is -0.161. The quantitative estimate of drug-likeness (QED) is 0.0398. The fourth-order valence-electron chi connectivity index (χ4n) is 6.31. The van der Waals surface area contributed by atoms with E-state index in [9.17, 15) is 14.7 Å². The maximum Gasteiger partial charge on any atom is 0.306 e. The van der Waals surface area contributed by atoms with Crippen LogP contribution in [0.1, 0.15) is 232 Å². The summed E-state index contributed by atoms with van der Waals surface area (Å²) in [6.45, 7) is 4.15. The van der Waals surface area contributed by atoms with Gasteiger partial charge in [0.2, 0.25) is 0 Å². The second kappa shape index (κ2) is 40.1. The number of hydrogen-bond acceptors (Lipinski definition) is 5. The molecule has 5 heteroatoms. The first-order valence-corrected chi connectivity index (χ1v) is 21.2. The number of carbonyl (C=O) groups excluding carboxylic acids is 2. The lowest BCUT2D eigenvalue weighted by Crippen LogP contribution is -2.28. The van der Waals surface area contributed by atoms with Crippen LogP contribution in [0.2, 0.25) is 0 Å². The molecule has 5 nitrogen and oxygen atoms in total. The van der Waals surface area contributed by atoms with Gasteiger partial charge in [-0.05, 0) is 38.5 Å². The largest absolute Gasteiger partial charge is 0.462 e. The highest BCUT2D eigenvalue weighted by atomic mass is 16.6. The van der Waals surface area contributed by atoms with E-state index < -0.39 is 6.10 Å². The smallest absolute Gasteiger partial charge is 0.306 e. The van der Waals surface area contributed by atoms with Gasteiger partial charge in [0.05, 0.1) is 6.61 Å². The predicted octanol–water partition coefficient (Wildman–Crippen LogP) is 13.3. The van der Waals surface area contributed by atoms with Crippen molar-refractivity contribution in [3.8, 4) is 0 Å². The van der Waals surface area contributed by atoms with Crippen LogP contribution in [0.3, 0.4) is 0 Å². The molecule has 0 aliphatic carbocycles. The molecular weight excluding hydrogens is 596 g/mol. The number of aliphatic hydroxyl groups is 1. The molecule has 0 aromatic rings. The first kappa shape index (κ1) is 46.6. The molecule has 0 unspecified atom stereocenters. The standard InChI is InChI=1S/C43H82O5/c1-3-5-7-9-11-13-15-17-19-20-21-22-23-24-26-28-30-32-34-36-38-43(46)48-41(39-44)40-47-42(45)37-35-33-31-29-27-25-18-16-14-12-10-8-6-4-2/h16,18,41,44H,3-15,17,19-40H2,1-2H3/b18-16+/t41-/m0/s1. The summed E-state index contributed by atoms with van der Waals surface area (Å²) in [5.74, 6) is -0.588. The molecule has 0 rings (SSSR count). The first-order chi connectivity index (χ1) is 23.6. The Hall–Kier alpha value is -1.36. The molecule has 0 aromatic heterocycles. The number of esters is 2. The molecule has 1 N–H and O–H groups in total. The van der Waals surface area contributed by atoms with E-state index in [1.54, 1.807) is 0 Å². The maximum absolute atomic E-state index is 12.2. The number of carbonyl (C=O) groups is 2. The van der Waals surface area contributed by atoms with E-state index in [1.165, 1.54) is 161 Å². The van der Waals surface area contributed by atoms with Crippen LogP contribution < -0.4 is 0 Å². The molecule has 0 heterocycles. The molecule has 0 aliphatic heterocycles. The summed E-state index contributed by atoms with van der Waals surface area (Å²) in [7, 11) is 0. The van der Waals surface area contributed by atoms with E-state index in [-0.39, 0.29) is 25.2 Å². The maximum atomic E-state index is 12.2. The summed E-state index contributed by atoms with van der Waals surface area (Å²) in [5, 5.41) is 9.56. The lowest BCUT2D eigenvalue weighted by atomic mass is 10.0. The number of allylic oxidation sites excluding steroid dienone is 2. The van der Waals surface area contributed by atoms with Crippen LogP contribution >= 0.6 is 0 Å². The van der Waals surface area contributed by atoms with Crippen molar-refractivity contribution in [1.82, 2.24) is 0 Å². The summed E-state index contributed by atoms with van der Waals surface area (Å²) in [6.07, 6.45) is 45.7. The Balaban J connectivity index is 3.49. The van der Waals surface area contributed by atoms with Crippen molar-refractivity contribution in [2.45, 2.75) is 238 Å². The van der Waals surface area contributed by atoms with Gasteiger partial charge in [-0.25, -0.2) is 0 Å². The zero-order chi connectivity index (χ0) is 35.0. The topological polar surface area (TPSA) is 72.8 Å². The van der Waals surface area contributed by atoms with E-state index >= 15 is 0 Å². The minimum absolute atomic E-state index is 0.0642. The monoisotopic (exact) mass is 679 g/mol. The van der Waals surface area contributed by atoms with Crippen molar-refractivity contribution in [3.63, 3.8) is 0 Å². The van der Waals surface area contributed by atoms with Crippen LogP contribution in [-0.2, 0) is 19.1 Å². The van der Waals surface area contributed by atoms with Crippen molar-refractivity contribution in [2.75, 3.05) is 13.2 Å². The van der Waals surface area contributed by atoms with Crippen LogP contribution in [0.5, 0.6) is 0 Å². The third-order valence-corrected chi connectivity index (χ3v) is 9.56. The van der Waals surface area contributed by atoms with E-state index in [1.807, 2.05) is 0 Å². The Bertz CT molecular complexity index is 691. The van der Waals surface area contributed by atoms with Gasteiger partial charge in [0.15, 0.2) is 6.10 Å². The molecule has 0 aliphatic rings. The third kappa shape index (κ3) is 37.5. The average Bonchev–Trinajstić information content (AvgIpc) is 3.09. The average molecular weight is 679 g/mol. The van der Waals surface area contributed by atoms with Crippen LogP contribution in [0, 0.1) is 0 Å². The fraction of sp³-hybridized carbons (Fsp3) is 0.907. The highest BCUT2D eigenvalue weighted by molar-refractivity contribution is 5.70. The highest BCUT2D eigenvalue weighted by Crippen LogP contribution is 2.16. The van der Waals surface area contributed by atoms with Gasteiger partial charge in [-0.2, -0.15) is 0 Å². The highest BCUT2D eigenvalue weighted by Gasteiger charge is 2.16. The van der Waals surface area contributed by atoms with E-state index in [0.29, 0.717) is 12.8 Å². The van der Waals surface area contributed by atoms with Crippen molar-refractivity contribution in [3.05, 3.63) is 12.2 Å². The Morgan fingerprint density at radius 1 is 0.458 bits per heavy atom. The molecule has 1 atom stereocenters. The van der Waals surface area contributed by atoms with Gasteiger partial charge in [-0.15, -0.1) is 0 Å².